The molecule has 0 bridgehead atoms. The number of hydrogen-bond donors (Lipinski definition) is 1. The Bertz CT molecular complexity index is 294. The zero-order valence-electron chi connectivity index (χ0n) is 7.38. The Balaban J connectivity index is 2.46. The van der Waals surface area contributed by atoms with Crippen LogP contribution in [0.3, 0.4) is 0 Å². The number of fused-ring (bicyclic) bond motifs is 1. The lowest BCUT2D eigenvalue weighted by molar-refractivity contribution is 0.559. The maximum Gasteiger partial charge on any atom is 0.0454 e. The second-order valence-corrected chi connectivity index (χ2v) is 3.49. The molecule has 1 unspecified atom stereocenters. The molecule has 12 heavy (non-hydrogen) atoms. The molecule has 2 heteroatoms. The zero-order valence-corrected chi connectivity index (χ0v) is 7.38. The standard InChI is InChI=1S/C10H14N2/c1-7-5-6-8-9(11)3-2-4-10(8)12-7/h5-6,9H,2-4,11H2,1H3. The van der Waals surface area contributed by atoms with Gasteiger partial charge in [0.05, 0.1) is 0 Å². The van der Waals surface area contributed by atoms with Gasteiger partial charge in [0.1, 0.15) is 0 Å². The summed E-state index contributed by atoms with van der Waals surface area (Å²) in [6.07, 6.45) is 3.40. The minimum absolute atomic E-state index is 0.224. The Hall–Kier alpha value is -0.890. The lowest BCUT2D eigenvalue weighted by Gasteiger charge is -2.21. The molecule has 0 radical (unpaired) electrons. The van der Waals surface area contributed by atoms with Crippen molar-refractivity contribution in [2.45, 2.75) is 32.2 Å². The number of aryl methyl sites for hydroxylation is 2. The van der Waals surface area contributed by atoms with Gasteiger partial charge in [0.25, 0.3) is 0 Å². The summed E-state index contributed by atoms with van der Waals surface area (Å²) in [6.45, 7) is 2.03. The summed E-state index contributed by atoms with van der Waals surface area (Å²) < 4.78 is 0. The van der Waals surface area contributed by atoms with E-state index in [4.69, 9.17) is 5.73 Å². The first-order chi connectivity index (χ1) is 5.77. The van der Waals surface area contributed by atoms with Gasteiger partial charge in [-0.05, 0) is 37.8 Å². The predicted molar refractivity (Wildman–Crippen MR) is 48.8 cm³/mol. The second-order valence-electron chi connectivity index (χ2n) is 3.49. The fraction of sp³-hybridized carbons (Fsp3) is 0.500. The summed E-state index contributed by atoms with van der Waals surface area (Å²) in [4.78, 5) is 4.48. The minimum atomic E-state index is 0.224. The van der Waals surface area contributed by atoms with Crippen molar-refractivity contribution >= 4 is 0 Å². The highest BCUT2D eigenvalue weighted by Crippen LogP contribution is 2.26. The summed E-state index contributed by atoms with van der Waals surface area (Å²) in [5.41, 5.74) is 9.53. The Morgan fingerprint density at radius 3 is 3.17 bits per heavy atom. The molecule has 1 aliphatic rings. The van der Waals surface area contributed by atoms with Crippen molar-refractivity contribution in [3.05, 3.63) is 29.1 Å². The molecular weight excluding hydrogens is 148 g/mol. The topological polar surface area (TPSA) is 38.9 Å². The van der Waals surface area contributed by atoms with Gasteiger partial charge in [-0.2, -0.15) is 0 Å². The van der Waals surface area contributed by atoms with Crippen molar-refractivity contribution in [2.24, 2.45) is 5.73 Å². The molecule has 2 rings (SSSR count). The van der Waals surface area contributed by atoms with Gasteiger partial charge in [0, 0.05) is 17.4 Å². The van der Waals surface area contributed by atoms with E-state index in [0.717, 1.165) is 18.5 Å². The SMILES string of the molecule is Cc1ccc2c(n1)CCCC2N. The van der Waals surface area contributed by atoms with Gasteiger partial charge >= 0.3 is 0 Å². The van der Waals surface area contributed by atoms with E-state index in [9.17, 15) is 0 Å². The first-order valence-electron chi connectivity index (χ1n) is 4.49. The first kappa shape index (κ1) is 7.74. The molecular formula is C10H14N2. The highest BCUT2D eigenvalue weighted by Gasteiger charge is 2.16. The van der Waals surface area contributed by atoms with Gasteiger partial charge in [0.15, 0.2) is 0 Å². The van der Waals surface area contributed by atoms with Gasteiger partial charge in [0.2, 0.25) is 0 Å². The third-order valence-electron chi connectivity index (χ3n) is 2.48. The Kier molecular flexibility index (Phi) is 1.85. The highest BCUT2D eigenvalue weighted by atomic mass is 14.7. The number of aromatic nitrogens is 1. The van der Waals surface area contributed by atoms with E-state index in [1.807, 2.05) is 13.0 Å². The molecule has 1 aromatic rings. The van der Waals surface area contributed by atoms with Crippen molar-refractivity contribution in [1.29, 1.82) is 0 Å². The lowest BCUT2D eigenvalue weighted by Crippen LogP contribution is -2.18. The van der Waals surface area contributed by atoms with E-state index in [0.29, 0.717) is 0 Å². The van der Waals surface area contributed by atoms with Gasteiger partial charge in [-0.25, -0.2) is 0 Å². The maximum absolute atomic E-state index is 5.96. The normalized spacial score (nSPS) is 22.0. The molecule has 0 saturated heterocycles. The highest BCUT2D eigenvalue weighted by molar-refractivity contribution is 5.27. The van der Waals surface area contributed by atoms with Crippen LogP contribution in [0.1, 0.15) is 35.8 Å². The Labute approximate surface area is 72.8 Å². The molecule has 1 heterocycles. The largest absolute Gasteiger partial charge is 0.324 e. The number of nitrogens with zero attached hydrogens (tertiary/aromatic N) is 1. The Morgan fingerprint density at radius 2 is 2.33 bits per heavy atom. The molecule has 0 aliphatic heterocycles. The van der Waals surface area contributed by atoms with Gasteiger partial charge in [-0.15, -0.1) is 0 Å². The van der Waals surface area contributed by atoms with Crippen LogP contribution < -0.4 is 5.73 Å². The molecule has 1 aliphatic carbocycles. The van der Waals surface area contributed by atoms with E-state index >= 15 is 0 Å². The molecule has 1 atom stereocenters. The van der Waals surface area contributed by atoms with Crippen LogP contribution in [0.2, 0.25) is 0 Å². The van der Waals surface area contributed by atoms with Crippen LogP contribution in [0, 0.1) is 6.92 Å². The summed E-state index contributed by atoms with van der Waals surface area (Å²) >= 11 is 0. The molecule has 0 amide bonds. The van der Waals surface area contributed by atoms with Crippen molar-refractivity contribution < 1.29 is 0 Å². The molecule has 64 valence electrons. The van der Waals surface area contributed by atoms with Crippen LogP contribution >= 0.6 is 0 Å². The summed E-state index contributed by atoms with van der Waals surface area (Å²) in [5, 5.41) is 0. The smallest absolute Gasteiger partial charge is 0.0454 e. The van der Waals surface area contributed by atoms with Crippen LogP contribution in [-0.2, 0) is 6.42 Å². The third-order valence-corrected chi connectivity index (χ3v) is 2.48. The van der Waals surface area contributed by atoms with E-state index in [2.05, 4.69) is 11.1 Å². The summed E-state index contributed by atoms with van der Waals surface area (Å²) in [7, 11) is 0. The summed E-state index contributed by atoms with van der Waals surface area (Å²) in [6, 6.07) is 4.40. The fourth-order valence-corrected chi connectivity index (χ4v) is 1.80. The molecule has 1 aromatic heterocycles. The van der Waals surface area contributed by atoms with Gasteiger partial charge in [-0.1, -0.05) is 6.07 Å². The van der Waals surface area contributed by atoms with Crippen LogP contribution in [0.15, 0.2) is 12.1 Å². The van der Waals surface area contributed by atoms with Crippen LogP contribution in [-0.4, -0.2) is 4.98 Å². The molecule has 0 fully saturated rings. The fourth-order valence-electron chi connectivity index (χ4n) is 1.80. The zero-order chi connectivity index (χ0) is 8.55. The Morgan fingerprint density at radius 1 is 1.50 bits per heavy atom. The number of nitrogens with two attached hydrogens (primary N) is 1. The quantitative estimate of drug-likeness (QED) is 0.631. The molecule has 0 saturated carbocycles. The average molecular weight is 162 g/mol. The average Bonchev–Trinajstić information content (AvgIpc) is 2.04. The van der Waals surface area contributed by atoms with Crippen molar-refractivity contribution in [3.8, 4) is 0 Å². The maximum atomic E-state index is 5.96. The van der Waals surface area contributed by atoms with Gasteiger partial charge < -0.3 is 5.73 Å². The predicted octanol–water partition coefficient (Wildman–Crippen LogP) is 1.73. The molecule has 0 spiro atoms. The van der Waals surface area contributed by atoms with E-state index in [1.54, 1.807) is 0 Å². The monoisotopic (exact) mass is 162 g/mol. The van der Waals surface area contributed by atoms with Gasteiger partial charge in [-0.3, -0.25) is 4.98 Å². The van der Waals surface area contributed by atoms with Crippen LogP contribution in [0.5, 0.6) is 0 Å². The van der Waals surface area contributed by atoms with E-state index in [-0.39, 0.29) is 6.04 Å². The molecule has 0 aromatic carbocycles. The summed E-state index contributed by atoms with van der Waals surface area (Å²) in [5.74, 6) is 0. The van der Waals surface area contributed by atoms with Crippen molar-refractivity contribution in [2.75, 3.05) is 0 Å². The number of pyridine rings is 1. The minimum Gasteiger partial charge on any atom is -0.324 e. The lowest BCUT2D eigenvalue weighted by atomic mass is 9.92. The van der Waals surface area contributed by atoms with Crippen molar-refractivity contribution in [1.82, 2.24) is 4.98 Å². The van der Waals surface area contributed by atoms with E-state index < -0.39 is 0 Å². The first-order valence-corrected chi connectivity index (χ1v) is 4.49. The van der Waals surface area contributed by atoms with Crippen LogP contribution in [0.4, 0.5) is 0 Å². The third kappa shape index (κ3) is 1.23. The second kappa shape index (κ2) is 2.87. The van der Waals surface area contributed by atoms with Crippen LogP contribution in [0.25, 0.3) is 0 Å². The molecule has 2 N–H and O–H groups in total. The van der Waals surface area contributed by atoms with Crippen molar-refractivity contribution in [3.63, 3.8) is 0 Å². The number of hydrogen-bond acceptors (Lipinski definition) is 2. The molecule has 2 nitrogen and oxygen atoms in total. The van der Waals surface area contributed by atoms with E-state index in [1.165, 1.54) is 17.7 Å². The number of rotatable bonds is 0.